The molecular weight excluding hydrogens is 307 g/mol. The molecule has 2 fully saturated rings. The van der Waals surface area contributed by atoms with Gasteiger partial charge < -0.3 is 4.74 Å². The average Bonchev–Trinajstić information content (AvgIpc) is 2.43. The topological polar surface area (TPSA) is 43.4 Å². The summed E-state index contributed by atoms with van der Waals surface area (Å²) in [6.45, 7) is 0. The number of halogens is 1. The average molecular weight is 322 g/mol. The molecule has 1 saturated heterocycles. The van der Waals surface area contributed by atoms with E-state index in [1.54, 1.807) is 0 Å². The summed E-state index contributed by atoms with van der Waals surface area (Å²) in [5.41, 5.74) is -0.758. The van der Waals surface area contributed by atoms with Gasteiger partial charge >= 0.3 is 5.97 Å². The summed E-state index contributed by atoms with van der Waals surface area (Å²) < 4.78 is 6.05. The smallest absolute Gasteiger partial charge is 0.320 e. The number of ether oxygens (including phenoxy) is 1. The third kappa shape index (κ3) is 1.92. The molecule has 2 aliphatic rings. The molecule has 1 spiro atoms. The van der Waals surface area contributed by atoms with E-state index in [0.717, 1.165) is 23.7 Å². The van der Waals surface area contributed by atoms with Crippen molar-refractivity contribution in [1.82, 2.24) is 0 Å². The maximum Gasteiger partial charge on any atom is 0.320 e. The van der Waals surface area contributed by atoms with Gasteiger partial charge in [-0.3, -0.25) is 9.59 Å². The van der Waals surface area contributed by atoms with Crippen LogP contribution in [0, 0.1) is 5.41 Å². The van der Waals surface area contributed by atoms with E-state index in [1.807, 2.05) is 0 Å². The number of esters is 1. The zero-order valence-corrected chi connectivity index (χ0v) is 10.8. The van der Waals surface area contributed by atoms with Gasteiger partial charge in [0.15, 0.2) is 0 Å². The van der Waals surface area contributed by atoms with Gasteiger partial charge in [0.1, 0.15) is 17.3 Å². The Morgan fingerprint density at radius 2 is 2.13 bits per heavy atom. The van der Waals surface area contributed by atoms with Crippen LogP contribution >= 0.6 is 22.6 Å². The second-order valence-corrected chi connectivity index (χ2v) is 5.33. The van der Waals surface area contributed by atoms with Crippen LogP contribution in [0.25, 0.3) is 0 Å². The van der Waals surface area contributed by atoms with Crippen LogP contribution in [0.1, 0.15) is 38.5 Å². The number of Topliss-reactive ketones (excluding diaryl/α,β-unsaturated/α-hetero) is 1. The minimum absolute atomic E-state index is 0.0415. The van der Waals surface area contributed by atoms with Crippen molar-refractivity contribution >= 4 is 34.3 Å². The molecule has 1 aliphatic carbocycles. The van der Waals surface area contributed by atoms with Crippen molar-refractivity contribution in [3.8, 4) is 0 Å². The molecule has 4 heteroatoms. The second kappa shape index (κ2) is 4.39. The summed E-state index contributed by atoms with van der Waals surface area (Å²) in [5.74, 6) is -0.131. The van der Waals surface area contributed by atoms with Gasteiger partial charge in [-0.2, -0.15) is 0 Å². The van der Waals surface area contributed by atoms with E-state index in [9.17, 15) is 9.59 Å². The van der Waals surface area contributed by atoms with Crippen LogP contribution in [0.5, 0.6) is 0 Å². The zero-order chi connectivity index (χ0) is 10.9. The number of ketones is 1. The van der Waals surface area contributed by atoms with Gasteiger partial charge in [0.25, 0.3) is 0 Å². The van der Waals surface area contributed by atoms with E-state index in [0.29, 0.717) is 19.3 Å². The highest BCUT2D eigenvalue weighted by atomic mass is 127. The number of rotatable bonds is 1. The Hall–Kier alpha value is -0.130. The Bertz CT molecular complexity index is 290. The van der Waals surface area contributed by atoms with Crippen molar-refractivity contribution in [3.05, 3.63) is 0 Å². The summed E-state index contributed by atoms with van der Waals surface area (Å²) in [5, 5.41) is 0. The Balaban J connectivity index is 2.23. The summed E-state index contributed by atoms with van der Waals surface area (Å²) in [7, 11) is 0. The van der Waals surface area contributed by atoms with E-state index in [1.165, 1.54) is 0 Å². The molecule has 2 atom stereocenters. The predicted molar refractivity (Wildman–Crippen MR) is 63.9 cm³/mol. The minimum Gasteiger partial charge on any atom is -0.461 e. The number of hydrogen-bond acceptors (Lipinski definition) is 3. The maximum atomic E-state index is 12.0. The molecule has 84 valence electrons. The largest absolute Gasteiger partial charge is 0.461 e. The van der Waals surface area contributed by atoms with Crippen molar-refractivity contribution < 1.29 is 14.3 Å². The third-order valence-corrected chi connectivity index (χ3v) is 4.44. The third-order valence-electron chi connectivity index (χ3n) is 3.45. The molecule has 1 aliphatic heterocycles. The lowest BCUT2D eigenvalue weighted by Gasteiger charge is -2.20. The Morgan fingerprint density at radius 1 is 1.33 bits per heavy atom. The first-order valence-electron chi connectivity index (χ1n) is 5.49. The van der Waals surface area contributed by atoms with E-state index >= 15 is 0 Å². The van der Waals surface area contributed by atoms with Gasteiger partial charge in [0, 0.05) is 17.3 Å². The number of carbonyl (C=O) groups excluding carboxylic acids is 2. The predicted octanol–water partition coefficient (Wildman–Crippen LogP) is 2.26. The minimum atomic E-state index is -0.758. The molecule has 0 amide bonds. The van der Waals surface area contributed by atoms with Crippen molar-refractivity contribution in [1.29, 1.82) is 0 Å². The number of alkyl halides is 1. The van der Waals surface area contributed by atoms with Crippen molar-refractivity contribution in [2.24, 2.45) is 5.41 Å². The normalized spacial score (nSPS) is 36.7. The van der Waals surface area contributed by atoms with Crippen molar-refractivity contribution in [2.45, 2.75) is 44.6 Å². The molecule has 0 aromatic carbocycles. The van der Waals surface area contributed by atoms with Crippen LogP contribution in [0.15, 0.2) is 0 Å². The second-order valence-electron chi connectivity index (χ2n) is 4.45. The Morgan fingerprint density at radius 3 is 2.80 bits per heavy atom. The van der Waals surface area contributed by atoms with Crippen LogP contribution in [0.3, 0.4) is 0 Å². The molecule has 15 heavy (non-hydrogen) atoms. The molecule has 3 nitrogen and oxygen atoms in total. The Kier molecular flexibility index (Phi) is 3.33. The highest BCUT2D eigenvalue weighted by Crippen LogP contribution is 2.43. The summed E-state index contributed by atoms with van der Waals surface area (Å²) in [4.78, 5) is 23.8. The van der Waals surface area contributed by atoms with E-state index in [-0.39, 0.29) is 17.9 Å². The van der Waals surface area contributed by atoms with Crippen LogP contribution < -0.4 is 0 Å². The van der Waals surface area contributed by atoms with Crippen molar-refractivity contribution in [3.63, 3.8) is 0 Å². The molecule has 2 rings (SSSR count). The molecule has 0 aromatic rings. The standard InChI is InChI=1S/C11H15IO3/c12-7-8-6-11(10(14)15-8)5-3-1-2-4-9(11)13/h8H,1-7H2/t8-,11-/m1/s1. The van der Waals surface area contributed by atoms with Crippen LogP contribution in [-0.2, 0) is 14.3 Å². The van der Waals surface area contributed by atoms with Gasteiger partial charge in [0.05, 0.1) is 0 Å². The first kappa shape index (κ1) is 11.4. The van der Waals surface area contributed by atoms with E-state index in [2.05, 4.69) is 22.6 Å². The first-order valence-corrected chi connectivity index (χ1v) is 7.02. The van der Waals surface area contributed by atoms with Crippen LogP contribution in [0.4, 0.5) is 0 Å². The van der Waals surface area contributed by atoms with Gasteiger partial charge in [-0.05, 0) is 12.8 Å². The van der Waals surface area contributed by atoms with E-state index in [4.69, 9.17) is 4.74 Å². The number of cyclic esters (lactones) is 1. The molecule has 1 heterocycles. The van der Waals surface area contributed by atoms with Crippen molar-refractivity contribution in [2.75, 3.05) is 4.43 Å². The fourth-order valence-electron chi connectivity index (χ4n) is 2.56. The summed E-state index contributed by atoms with van der Waals surface area (Å²) >= 11 is 2.21. The monoisotopic (exact) mass is 322 g/mol. The highest BCUT2D eigenvalue weighted by molar-refractivity contribution is 14.1. The lowest BCUT2D eigenvalue weighted by molar-refractivity contribution is -0.152. The van der Waals surface area contributed by atoms with Gasteiger partial charge in [-0.1, -0.05) is 35.4 Å². The molecule has 1 saturated carbocycles. The molecule has 0 N–H and O–H groups in total. The SMILES string of the molecule is O=C1CCCCC[C@@]12C[C@H](CI)OC2=O. The van der Waals surface area contributed by atoms with Gasteiger partial charge in [-0.15, -0.1) is 0 Å². The lowest BCUT2D eigenvalue weighted by atomic mass is 9.77. The number of carbonyl (C=O) groups is 2. The fourth-order valence-corrected chi connectivity index (χ4v) is 3.05. The molecule has 0 aromatic heterocycles. The maximum absolute atomic E-state index is 12.0. The van der Waals surface area contributed by atoms with Gasteiger partial charge in [0.2, 0.25) is 0 Å². The Labute approximate surface area is 103 Å². The molecule has 0 unspecified atom stereocenters. The van der Waals surface area contributed by atoms with Crippen LogP contribution in [0.2, 0.25) is 0 Å². The fraction of sp³-hybridized carbons (Fsp3) is 0.818. The highest BCUT2D eigenvalue weighted by Gasteiger charge is 2.53. The summed E-state index contributed by atoms with van der Waals surface area (Å²) in [6.07, 6.45) is 4.82. The quantitative estimate of drug-likeness (QED) is 0.322. The molecular formula is C11H15IO3. The van der Waals surface area contributed by atoms with Gasteiger partial charge in [-0.25, -0.2) is 0 Å². The molecule has 0 radical (unpaired) electrons. The van der Waals surface area contributed by atoms with E-state index < -0.39 is 5.41 Å². The number of hydrogen-bond donors (Lipinski definition) is 0. The summed E-state index contributed by atoms with van der Waals surface area (Å²) in [6, 6.07) is 0. The molecule has 0 bridgehead atoms. The first-order chi connectivity index (χ1) is 7.19. The zero-order valence-electron chi connectivity index (χ0n) is 8.63. The lowest BCUT2D eigenvalue weighted by Crippen LogP contribution is -2.34. The van der Waals surface area contributed by atoms with Crippen LogP contribution in [-0.4, -0.2) is 22.3 Å².